The molecule has 1 rings (SSSR count). The number of rotatable bonds is 8. The molecule has 0 aromatic heterocycles. The smallest absolute Gasteiger partial charge is 0.164 e. The maximum Gasteiger partial charge on any atom is 0.164 e. The molecule has 0 heterocycles. The fraction of sp³-hybridized carbons (Fsp3) is 0.538. The number of anilines is 1. The Bertz CT molecular complexity index is 391. The van der Waals surface area contributed by atoms with Crippen LogP contribution in [0.15, 0.2) is 12.1 Å². The van der Waals surface area contributed by atoms with Crippen molar-refractivity contribution >= 4 is 5.69 Å². The van der Waals surface area contributed by atoms with E-state index in [0.29, 0.717) is 30.3 Å². The predicted octanol–water partition coefficient (Wildman–Crippen LogP) is 0.503. The lowest BCUT2D eigenvalue weighted by molar-refractivity contribution is 0.280. The summed E-state index contributed by atoms with van der Waals surface area (Å²) in [7, 11) is 4.66. The van der Waals surface area contributed by atoms with E-state index in [0.717, 1.165) is 5.69 Å². The number of methoxy groups -OCH3 is 3. The van der Waals surface area contributed by atoms with E-state index in [1.807, 2.05) is 4.90 Å². The number of hydrogen-bond donors (Lipinski definition) is 2. The van der Waals surface area contributed by atoms with Crippen LogP contribution in [0.2, 0.25) is 0 Å². The van der Waals surface area contributed by atoms with Crippen LogP contribution in [0.25, 0.3) is 0 Å². The largest absolute Gasteiger partial charge is 0.494 e. The monoisotopic (exact) mass is 271 g/mol. The van der Waals surface area contributed by atoms with E-state index in [-0.39, 0.29) is 13.2 Å². The van der Waals surface area contributed by atoms with Crippen LogP contribution in [-0.2, 0) is 0 Å². The quantitative estimate of drug-likeness (QED) is 0.717. The molecule has 0 atom stereocenters. The van der Waals surface area contributed by atoms with Crippen molar-refractivity contribution < 1.29 is 24.4 Å². The van der Waals surface area contributed by atoms with Crippen molar-refractivity contribution in [2.24, 2.45) is 0 Å². The molecule has 6 heteroatoms. The summed E-state index contributed by atoms with van der Waals surface area (Å²) >= 11 is 0. The van der Waals surface area contributed by atoms with E-state index in [1.54, 1.807) is 33.5 Å². The summed E-state index contributed by atoms with van der Waals surface area (Å²) in [6.45, 7) is 0.758. The van der Waals surface area contributed by atoms with Crippen molar-refractivity contribution in [3.05, 3.63) is 12.1 Å². The number of aliphatic hydroxyl groups excluding tert-OH is 2. The van der Waals surface area contributed by atoms with Crippen LogP contribution in [0.1, 0.15) is 0 Å². The first-order valence-electron chi connectivity index (χ1n) is 5.98. The van der Waals surface area contributed by atoms with E-state index in [1.165, 1.54) is 0 Å². The lowest BCUT2D eigenvalue weighted by Gasteiger charge is -2.26. The molecule has 0 aliphatic carbocycles. The molecule has 0 fully saturated rings. The van der Waals surface area contributed by atoms with Crippen molar-refractivity contribution in [1.82, 2.24) is 0 Å². The molecule has 1 aromatic rings. The molecule has 0 saturated carbocycles. The summed E-state index contributed by atoms with van der Waals surface area (Å²) < 4.78 is 15.8. The second kappa shape index (κ2) is 7.70. The third-order valence-electron chi connectivity index (χ3n) is 2.77. The molecule has 0 unspecified atom stereocenters. The van der Waals surface area contributed by atoms with E-state index in [4.69, 9.17) is 24.4 Å². The van der Waals surface area contributed by atoms with Gasteiger partial charge < -0.3 is 29.3 Å². The Morgan fingerprint density at radius 3 is 1.74 bits per heavy atom. The van der Waals surface area contributed by atoms with Gasteiger partial charge in [-0.15, -0.1) is 0 Å². The van der Waals surface area contributed by atoms with Gasteiger partial charge in [0.15, 0.2) is 11.5 Å². The molecule has 0 bridgehead atoms. The first-order chi connectivity index (χ1) is 9.21. The third-order valence-corrected chi connectivity index (χ3v) is 2.77. The predicted molar refractivity (Wildman–Crippen MR) is 72.5 cm³/mol. The van der Waals surface area contributed by atoms with Crippen LogP contribution in [0.3, 0.4) is 0 Å². The molecule has 2 N–H and O–H groups in total. The number of ether oxygens (including phenoxy) is 3. The topological polar surface area (TPSA) is 71.4 Å². The highest BCUT2D eigenvalue weighted by Gasteiger charge is 2.16. The molecule has 108 valence electrons. The second-order valence-corrected chi connectivity index (χ2v) is 3.81. The summed E-state index contributed by atoms with van der Waals surface area (Å²) in [5.41, 5.74) is 0.739. The summed E-state index contributed by atoms with van der Waals surface area (Å²) in [5.74, 6) is 1.73. The highest BCUT2D eigenvalue weighted by molar-refractivity contribution is 5.66. The van der Waals surface area contributed by atoms with Crippen molar-refractivity contribution in [2.75, 3.05) is 52.5 Å². The molecule has 0 amide bonds. The van der Waals surface area contributed by atoms with Gasteiger partial charge in [-0.25, -0.2) is 0 Å². The first-order valence-corrected chi connectivity index (χ1v) is 5.98. The van der Waals surface area contributed by atoms with E-state index < -0.39 is 0 Å². The van der Waals surface area contributed by atoms with Gasteiger partial charge in [-0.05, 0) is 0 Å². The number of hydrogen-bond acceptors (Lipinski definition) is 6. The lowest BCUT2D eigenvalue weighted by Crippen LogP contribution is -2.30. The number of benzene rings is 1. The van der Waals surface area contributed by atoms with Gasteiger partial charge in [0, 0.05) is 25.2 Å². The summed E-state index contributed by atoms with van der Waals surface area (Å²) in [5, 5.41) is 18.2. The molecule has 1 aromatic carbocycles. The standard InChI is InChI=1S/C13H21NO5/c1-17-11-9-13(19-3)12(18-2)8-10(11)14(4-6-15)5-7-16/h8-9,15-16H,4-7H2,1-3H3. The Hall–Kier alpha value is -1.66. The lowest BCUT2D eigenvalue weighted by atomic mass is 10.2. The minimum absolute atomic E-state index is 0.0164. The molecule has 0 spiro atoms. The zero-order chi connectivity index (χ0) is 14.3. The summed E-state index contributed by atoms with van der Waals surface area (Å²) in [6.07, 6.45) is 0. The molecule has 0 aliphatic heterocycles. The molecule has 0 saturated heterocycles. The van der Waals surface area contributed by atoms with Gasteiger partial charge in [0.25, 0.3) is 0 Å². The zero-order valence-corrected chi connectivity index (χ0v) is 11.5. The van der Waals surface area contributed by atoms with Crippen molar-refractivity contribution in [1.29, 1.82) is 0 Å². The average Bonchev–Trinajstić information content (AvgIpc) is 2.45. The van der Waals surface area contributed by atoms with Crippen LogP contribution in [0.5, 0.6) is 17.2 Å². The van der Waals surface area contributed by atoms with Gasteiger partial charge in [0.2, 0.25) is 0 Å². The Labute approximate surface area is 113 Å². The van der Waals surface area contributed by atoms with Crippen LogP contribution >= 0.6 is 0 Å². The molecule has 0 radical (unpaired) electrons. The maximum atomic E-state index is 9.10. The summed E-state index contributed by atoms with van der Waals surface area (Å²) in [4.78, 5) is 1.82. The van der Waals surface area contributed by atoms with Crippen LogP contribution in [0.4, 0.5) is 5.69 Å². The van der Waals surface area contributed by atoms with Gasteiger partial charge in [0.1, 0.15) is 5.75 Å². The highest BCUT2D eigenvalue weighted by Crippen LogP contribution is 2.39. The minimum atomic E-state index is -0.0164. The molecule has 6 nitrogen and oxygen atoms in total. The van der Waals surface area contributed by atoms with Gasteiger partial charge in [-0.3, -0.25) is 0 Å². The van der Waals surface area contributed by atoms with Crippen molar-refractivity contribution in [2.45, 2.75) is 0 Å². The summed E-state index contributed by atoms with van der Waals surface area (Å²) in [6, 6.07) is 3.49. The second-order valence-electron chi connectivity index (χ2n) is 3.81. The number of nitrogens with zero attached hydrogens (tertiary/aromatic N) is 1. The Morgan fingerprint density at radius 1 is 0.842 bits per heavy atom. The minimum Gasteiger partial charge on any atom is -0.494 e. The average molecular weight is 271 g/mol. The van der Waals surface area contributed by atoms with Crippen LogP contribution < -0.4 is 19.1 Å². The normalized spacial score (nSPS) is 10.2. The third kappa shape index (κ3) is 3.65. The van der Waals surface area contributed by atoms with E-state index in [9.17, 15) is 0 Å². The van der Waals surface area contributed by atoms with Gasteiger partial charge in [-0.1, -0.05) is 0 Å². The van der Waals surface area contributed by atoms with E-state index >= 15 is 0 Å². The van der Waals surface area contributed by atoms with Crippen LogP contribution in [0, 0.1) is 0 Å². The fourth-order valence-electron chi connectivity index (χ4n) is 1.85. The van der Waals surface area contributed by atoms with Crippen LogP contribution in [-0.4, -0.2) is 57.8 Å². The molecular weight excluding hydrogens is 250 g/mol. The molecular formula is C13H21NO5. The highest BCUT2D eigenvalue weighted by atomic mass is 16.5. The molecule has 19 heavy (non-hydrogen) atoms. The zero-order valence-electron chi connectivity index (χ0n) is 11.5. The van der Waals surface area contributed by atoms with Crippen molar-refractivity contribution in [3.8, 4) is 17.2 Å². The van der Waals surface area contributed by atoms with E-state index in [2.05, 4.69) is 0 Å². The molecule has 0 aliphatic rings. The number of aliphatic hydroxyl groups is 2. The van der Waals surface area contributed by atoms with Gasteiger partial charge >= 0.3 is 0 Å². The Kier molecular flexibility index (Phi) is 6.24. The van der Waals surface area contributed by atoms with Gasteiger partial charge in [0.05, 0.1) is 40.2 Å². The SMILES string of the molecule is COc1cc(OC)c(N(CCO)CCO)cc1OC. The Balaban J connectivity index is 3.21. The van der Waals surface area contributed by atoms with Crippen molar-refractivity contribution in [3.63, 3.8) is 0 Å². The fourth-order valence-corrected chi connectivity index (χ4v) is 1.85. The Morgan fingerprint density at radius 2 is 1.32 bits per heavy atom. The van der Waals surface area contributed by atoms with Gasteiger partial charge in [-0.2, -0.15) is 0 Å². The first kappa shape index (κ1) is 15.4. The maximum absolute atomic E-state index is 9.10.